The lowest BCUT2D eigenvalue weighted by atomic mass is 10.0. The number of aromatic nitrogens is 1. The topological polar surface area (TPSA) is 45.9 Å². The molecule has 0 atom stereocenters. The number of para-hydroxylation sites is 1. The average molecular weight is 238 g/mol. The molecule has 0 N–H and O–H groups in total. The van der Waals surface area contributed by atoms with Gasteiger partial charge in [0.2, 0.25) is 0 Å². The van der Waals surface area contributed by atoms with Gasteiger partial charge in [-0.3, -0.25) is 4.98 Å². The highest BCUT2D eigenvalue weighted by atomic mass is 16.5. The summed E-state index contributed by atoms with van der Waals surface area (Å²) in [5.41, 5.74) is 1.61. The van der Waals surface area contributed by atoms with Gasteiger partial charge in [0, 0.05) is 6.20 Å². The number of nitrogens with zero attached hydrogens (tertiary/aromatic N) is 2. The Morgan fingerprint density at radius 1 is 1.17 bits per heavy atom. The summed E-state index contributed by atoms with van der Waals surface area (Å²) in [7, 11) is 0. The molecule has 0 saturated heterocycles. The van der Waals surface area contributed by atoms with Crippen LogP contribution in [-0.2, 0) is 0 Å². The van der Waals surface area contributed by atoms with Gasteiger partial charge in [-0.25, -0.2) is 0 Å². The van der Waals surface area contributed by atoms with Crippen LogP contribution in [0.4, 0.5) is 0 Å². The Hall–Kier alpha value is -2.34. The van der Waals surface area contributed by atoms with Gasteiger partial charge in [-0.1, -0.05) is 32.0 Å². The molecule has 0 aliphatic heterocycles. The van der Waals surface area contributed by atoms with Gasteiger partial charge in [0.25, 0.3) is 0 Å². The van der Waals surface area contributed by atoms with Gasteiger partial charge in [-0.05, 0) is 23.6 Å². The van der Waals surface area contributed by atoms with E-state index in [0.29, 0.717) is 17.2 Å². The molecular formula is C15H14N2O. The molecule has 0 saturated carbocycles. The van der Waals surface area contributed by atoms with Crippen molar-refractivity contribution in [2.45, 2.75) is 19.8 Å². The van der Waals surface area contributed by atoms with Gasteiger partial charge < -0.3 is 4.74 Å². The largest absolute Gasteiger partial charge is 0.454 e. The Morgan fingerprint density at radius 3 is 2.67 bits per heavy atom. The minimum absolute atomic E-state index is 0.364. The summed E-state index contributed by atoms with van der Waals surface area (Å²) in [6.45, 7) is 4.22. The quantitative estimate of drug-likeness (QED) is 0.815. The van der Waals surface area contributed by atoms with E-state index in [2.05, 4.69) is 24.9 Å². The highest BCUT2D eigenvalue weighted by Crippen LogP contribution is 2.31. The highest BCUT2D eigenvalue weighted by molar-refractivity contribution is 5.45. The Labute approximate surface area is 107 Å². The molecule has 1 aromatic heterocycles. The van der Waals surface area contributed by atoms with Crippen molar-refractivity contribution in [2.75, 3.05) is 0 Å². The minimum Gasteiger partial charge on any atom is -0.454 e. The lowest BCUT2D eigenvalue weighted by molar-refractivity contribution is 0.469. The van der Waals surface area contributed by atoms with E-state index < -0.39 is 0 Å². The maximum absolute atomic E-state index is 9.02. The Kier molecular flexibility index (Phi) is 3.59. The molecule has 3 nitrogen and oxygen atoms in total. The molecule has 0 unspecified atom stereocenters. The molecule has 0 fully saturated rings. The number of nitriles is 1. The Morgan fingerprint density at radius 2 is 1.94 bits per heavy atom. The van der Waals surface area contributed by atoms with Crippen LogP contribution in [0.1, 0.15) is 30.9 Å². The van der Waals surface area contributed by atoms with E-state index in [4.69, 9.17) is 10.00 Å². The fourth-order valence-electron chi connectivity index (χ4n) is 1.72. The zero-order valence-electron chi connectivity index (χ0n) is 10.4. The molecule has 18 heavy (non-hydrogen) atoms. The third-order valence-electron chi connectivity index (χ3n) is 2.67. The molecule has 0 amide bonds. The third kappa shape index (κ3) is 2.49. The summed E-state index contributed by atoms with van der Waals surface area (Å²) in [6, 6.07) is 11.6. The van der Waals surface area contributed by atoms with Crippen LogP contribution in [-0.4, -0.2) is 4.98 Å². The molecular weight excluding hydrogens is 224 g/mol. The van der Waals surface area contributed by atoms with Gasteiger partial charge in [0.05, 0.1) is 11.8 Å². The molecule has 1 heterocycles. The second-order valence-electron chi connectivity index (χ2n) is 4.28. The lowest BCUT2D eigenvalue weighted by Crippen LogP contribution is -1.95. The third-order valence-corrected chi connectivity index (χ3v) is 2.67. The average Bonchev–Trinajstić information content (AvgIpc) is 2.40. The molecule has 2 aromatic rings. The molecule has 90 valence electrons. The molecule has 0 radical (unpaired) electrons. The van der Waals surface area contributed by atoms with Crippen LogP contribution in [0, 0.1) is 11.3 Å². The van der Waals surface area contributed by atoms with E-state index in [1.807, 2.05) is 24.3 Å². The van der Waals surface area contributed by atoms with Crippen molar-refractivity contribution in [2.24, 2.45) is 0 Å². The first-order valence-electron chi connectivity index (χ1n) is 5.83. The summed E-state index contributed by atoms with van der Waals surface area (Å²) in [6.07, 6.45) is 3.15. The van der Waals surface area contributed by atoms with E-state index in [9.17, 15) is 0 Å². The first-order valence-corrected chi connectivity index (χ1v) is 5.83. The van der Waals surface area contributed by atoms with Crippen molar-refractivity contribution in [1.82, 2.24) is 4.98 Å². The van der Waals surface area contributed by atoms with Crippen molar-refractivity contribution in [3.8, 4) is 17.6 Å². The zero-order chi connectivity index (χ0) is 13.0. The number of rotatable bonds is 3. The Bertz CT molecular complexity index is 585. The molecule has 0 spiro atoms. The van der Waals surface area contributed by atoms with Crippen LogP contribution in [0.2, 0.25) is 0 Å². The Balaban J connectivity index is 2.38. The standard InChI is InChI=1S/C15H14N2O/c1-11(2)13-5-3-4-6-14(13)18-15-10-17-8-7-12(15)9-16/h3-8,10-11H,1-2H3. The van der Waals surface area contributed by atoms with Crippen molar-refractivity contribution in [1.29, 1.82) is 5.26 Å². The van der Waals surface area contributed by atoms with Crippen LogP contribution in [0.15, 0.2) is 42.7 Å². The van der Waals surface area contributed by atoms with E-state index in [1.165, 1.54) is 0 Å². The summed E-state index contributed by atoms with van der Waals surface area (Å²) >= 11 is 0. The maximum atomic E-state index is 9.02. The predicted molar refractivity (Wildman–Crippen MR) is 69.6 cm³/mol. The molecule has 0 bridgehead atoms. The molecule has 0 aliphatic rings. The van der Waals surface area contributed by atoms with Crippen LogP contribution in [0.5, 0.6) is 11.5 Å². The van der Waals surface area contributed by atoms with Gasteiger partial charge in [-0.2, -0.15) is 5.26 Å². The molecule has 1 aromatic carbocycles. The van der Waals surface area contributed by atoms with Gasteiger partial charge in [0.1, 0.15) is 11.8 Å². The van der Waals surface area contributed by atoms with Crippen LogP contribution >= 0.6 is 0 Å². The van der Waals surface area contributed by atoms with Crippen LogP contribution in [0.3, 0.4) is 0 Å². The first-order chi connectivity index (χ1) is 8.72. The number of benzene rings is 1. The normalized spacial score (nSPS) is 10.1. The number of pyridine rings is 1. The molecule has 0 aliphatic carbocycles. The maximum Gasteiger partial charge on any atom is 0.163 e. The smallest absolute Gasteiger partial charge is 0.163 e. The number of hydrogen-bond acceptors (Lipinski definition) is 3. The molecule has 2 rings (SSSR count). The summed E-state index contributed by atoms with van der Waals surface area (Å²) < 4.78 is 5.81. The van der Waals surface area contributed by atoms with E-state index in [-0.39, 0.29) is 0 Å². The van der Waals surface area contributed by atoms with E-state index in [1.54, 1.807) is 18.5 Å². The fraction of sp³-hybridized carbons (Fsp3) is 0.200. The van der Waals surface area contributed by atoms with Gasteiger partial charge in [0.15, 0.2) is 5.75 Å². The van der Waals surface area contributed by atoms with Crippen molar-refractivity contribution in [3.63, 3.8) is 0 Å². The lowest BCUT2D eigenvalue weighted by Gasteiger charge is -2.13. The molecule has 3 heteroatoms. The SMILES string of the molecule is CC(C)c1ccccc1Oc1cnccc1C#N. The van der Waals surface area contributed by atoms with Crippen molar-refractivity contribution in [3.05, 3.63) is 53.9 Å². The zero-order valence-corrected chi connectivity index (χ0v) is 10.4. The summed E-state index contributed by atoms with van der Waals surface area (Å²) in [4.78, 5) is 3.99. The van der Waals surface area contributed by atoms with Crippen molar-refractivity contribution >= 4 is 0 Å². The summed E-state index contributed by atoms with van der Waals surface area (Å²) in [5, 5.41) is 9.02. The first kappa shape index (κ1) is 12.1. The van der Waals surface area contributed by atoms with Crippen LogP contribution in [0.25, 0.3) is 0 Å². The minimum atomic E-state index is 0.364. The number of hydrogen-bond donors (Lipinski definition) is 0. The van der Waals surface area contributed by atoms with Gasteiger partial charge >= 0.3 is 0 Å². The highest BCUT2D eigenvalue weighted by Gasteiger charge is 2.10. The predicted octanol–water partition coefficient (Wildman–Crippen LogP) is 3.87. The number of ether oxygens (including phenoxy) is 1. The second kappa shape index (κ2) is 5.33. The summed E-state index contributed by atoms with van der Waals surface area (Å²) in [5.74, 6) is 1.63. The fourth-order valence-corrected chi connectivity index (χ4v) is 1.72. The van der Waals surface area contributed by atoms with Gasteiger partial charge in [-0.15, -0.1) is 0 Å². The monoisotopic (exact) mass is 238 g/mol. The van der Waals surface area contributed by atoms with Crippen LogP contribution < -0.4 is 4.74 Å². The second-order valence-corrected chi connectivity index (χ2v) is 4.28. The van der Waals surface area contributed by atoms with E-state index in [0.717, 1.165) is 11.3 Å². The van der Waals surface area contributed by atoms with E-state index >= 15 is 0 Å². The van der Waals surface area contributed by atoms with Crippen molar-refractivity contribution < 1.29 is 4.74 Å².